The van der Waals surface area contributed by atoms with Gasteiger partial charge < -0.3 is 20.1 Å². The summed E-state index contributed by atoms with van der Waals surface area (Å²) in [6.07, 6.45) is 0. The highest BCUT2D eigenvalue weighted by molar-refractivity contribution is 9.10. The van der Waals surface area contributed by atoms with Crippen LogP contribution in [-0.4, -0.2) is 44.1 Å². The molecule has 8 heteroatoms. The largest absolute Gasteiger partial charge is 0.481 e. The first kappa shape index (κ1) is 19.0. The molecule has 1 rings (SSSR count). The van der Waals surface area contributed by atoms with Crippen molar-refractivity contribution in [3.05, 3.63) is 28.2 Å². The van der Waals surface area contributed by atoms with Crippen molar-refractivity contribution in [2.75, 3.05) is 26.3 Å². The van der Waals surface area contributed by atoms with Gasteiger partial charge in [0.05, 0.1) is 11.0 Å². The Morgan fingerprint density at radius 2 is 1.87 bits per heavy atom. The van der Waals surface area contributed by atoms with Crippen molar-refractivity contribution >= 4 is 33.7 Å². The number of hydrogen-bond acceptors (Lipinski definition) is 5. The van der Waals surface area contributed by atoms with E-state index in [1.165, 1.54) is 0 Å². The van der Waals surface area contributed by atoms with Gasteiger partial charge in [0.15, 0.2) is 13.2 Å². The molecule has 0 bridgehead atoms. The van der Waals surface area contributed by atoms with Crippen molar-refractivity contribution in [3.63, 3.8) is 0 Å². The number of amides is 2. The molecule has 1 aromatic carbocycles. The molecule has 0 aliphatic heterocycles. The van der Waals surface area contributed by atoms with E-state index in [2.05, 4.69) is 26.6 Å². The second-order valence-electron chi connectivity index (χ2n) is 4.61. The van der Waals surface area contributed by atoms with Crippen LogP contribution in [0, 0.1) is 6.92 Å². The Morgan fingerprint density at radius 1 is 1.13 bits per heavy atom. The van der Waals surface area contributed by atoms with Gasteiger partial charge in [0.1, 0.15) is 5.75 Å². The van der Waals surface area contributed by atoms with Crippen LogP contribution in [0.5, 0.6) is 5.75 Å². The molecular formula is C15H19BrN2O5. The molecule has 0 aliphatic carbocycles. The Kier molecular flexibility index (Phi) is 8.10. The Bertz CT molecular complexity index is 577. The number of rotatable bonds is 8. The molecule has 1 aromatic rings. The van der Waals surface area contributed by atoms with E-state index < -0.39 is 18.5 Å². The average Bonchev–Trinajstić information content (AvgIpc) is 2.50. The van der Waals surface area contributed by atoms with Crippen molar-refractivity contribution < 1.29 is 23.9 Å². The van der Waals surface area contributed by atoms with Gasteiger partial charge in [0.2, 0.25) is 5.91 Å². The van der Waals surface area contributed by atoms with Crippen LogP contribution in [0.1, 0.15) is 12.5 Å². The molecule has 0 fully saturated rings. The fraction of sp³-hybridized carbons (Fsp3) is 0.400. The number of hydrogen-bond donors (Lipinski definition) is 2. The maximum absolute atomic E-state index is 11.5. The molecule has 0 heterocycles. The minimum absolute atomic E-state index is 0.156. The zero-order valence-electron chi connectivity index (χ0n) is 13.0. The molecule has 7 nitrogen and oxygen atoms in total. The minimum atomic E-state index is -0.675. The van der Waals surface area contributed by atoms with E-state index in [0.29, 0.717) is 12.3 Å². The van der Waals surface area contributed by atoms with E-state index in [4.69, 9.17) is 9.47 Å². The van der Waals surface area contributed by atoms with Gasteiger partial charge in [0.25, 0.3) is 5.91 Å². The summed E-state index contributed by atoms with van der Waals surface area (Å²) in [5, 5.41) is 4.86. The normalized spacial score (nSPS) is 9.87. The van der Waals surface area contributed by atoms with Crippen molar-refractivity contribution in [2.45, 2.75) is 13.8 Å². The number of aryl methyl sites for hydroxylation is 1. The number of nitrogens with one attached hydrogen (secondary N) is 2. The lowest BCUT2D eigenvalue weighted by Crippen LogP contribution is -2.38. The molecule has 2 N–H and O–H groups in total. The van der Waals surface area contributed by atoms with Gasteiger partial charge in [-0.25, -0.2) is 4.79 Å². The zero-order chi connectivity index (χ0) is 17.2. The van der Waals surface area contributed by atoms with Gasteiger partial charge in [-0.3, -0.25) is 9.59 Å². The van der Waals surface area contributed by atoms with Crippen LogP contribution in [0.15, 0.2) is 22.7 Å². The van der Waals surface area contributed by atoms with Gasteiger partial charge in [-0.1, -0.05) is 6.07 Å². The fourth-order valence-electron chi connectivity index (χ4n) is 1.54. The molecule has 0 aromatic heterocycles. The van der Waals surface area contributed by atoms with Crippen molar-refractivity contribution in [2.24, 2.45) is 0 Å². The number of carbonyl (C=O) groups excluding carboxylic acids is 3. The summed E-state index contributed by atoms with van der Waals surface area (Å²) in [7, 11) is 0. The fourth-order valence-corrected chi connectivity index (χ4v) is 2.14. The number of benzene rings is 1. The first-order chi connectivity index (χ1) is 10.9. The van der Waals surface area contributed by atoms with E-state index in [-0.39, 0.29) is 19.1 Å². The Labute approximate surface area is 142 Å². The van der Waals surface area contributed by atoms with E-state index in [0.717, 1.165) is 10.0 Å². The van der Waals surface area contributed by atoms with E-state index >= 15 is 0 Å². The summed E-state index contributed by atoms with van der Waals surface area (Å²) in [5.74, 6) is -1.03. The number of halogens is 1. The third-order valence-electron chi connectivity index (χ3n) is 2.62. The molecule has 23 heavy (non-hydrogen) atoms. The number of likely N-dealkylation sites (N-methyl/N-ethyl adjacent to an activating group) is 1. The molecule has 0 unspecified atom stereocenters. The van der Waals surface area contributed by atoms with Crippen molar-refractivity contribution in [1.82, 2.24) is 10.6 Å². The van der Waals surface area contributed by atoms with E-state index in [1.54, 1.807) is 13.0 Å². The van der Waals surface area contributed by atoms with Crippen molar-refractivity contribution in [3.8, 4) is 5.75 Å². The van der Waals surface area contributed by atoms with Gasteiger partial charge in [-0.15, -0.1) is 0 Å². The standard InChI is InChI=1S/C15H19BrN2O5/c1-3-17-13(19)7-18-14(20)8-23-15(21)9-22-12-5-4-10(2)6-11(12)16/h4-6H,3,7-9H2,1-2H3,(H,17,19)(H,18,20). The zero-order valence-corrected chi connectivity index (χ0v) is 14.6. The molecule has 0 radical (unpaired) electrons. The van der Waals surface area contributed by atoms with Crippen LogP contribution in [0.2, 0.25) is 0 Å². The number of ether oxygens (including phenoxy) is 2. The highest BCUT2D eigenvalue weighted by atomic mass is 79.9. The predicted molar refractivity (Wildman–Crippen MR) is 87.0 cm³/mol. The Hall–Kier alpha value is -2.09. The lowest BCUT2D eigenvalue weighted by Gasteiger charge is -2.09. The third-order valence-corrected chi connectivity index (χ3v) is 3.24. The van der Waals surface area contributed by atoms with Crippen LogP contribution in [0.25, 0.3) is 0 Å². The topological polar surface area (TPSA) is 93.7 Å². The molecule has 0 saturated carbocycles. The first-order valence-corrected chi connectivity index (χ1v) is 7.79. The SMILES string of the molecule is CCNC(=O)CNC(=O)COC(=O)COc1ccc(C)cc1Br. The molecule has 0 aliphatic rings. The monoisotopic (exact) mass is 386 g/mol. The van der Waals surface area contributed by atoms with Gasteiger partial charge in [-0.05, 0) is 47.5 Å². The summed E-state index contributed by atoms with van der Waals surface area (Å²) in [4.78, 5) is 34.1. The molecule has 2 amide bonds. The quantitative estimate of drug-likeness (QED) is 0.648. The van der Waals surface area contributed by atoms with Crippen LogP contribution < -0.4 is 15.4 Å². The summed E-state index contributed by atoms with van der Waals surface area (Å²) in [5.41, 5.74) is 1.05. The van der Waals surface area contributed by atoms with E-state index in [1.807, 2.05) is 19.1 Å². The van der Waals surface area contributed by atoms with Crippen LogP contribution in [0.4, 0.5) is 0 Å². The van der Waals surface area contributed by atoms with Gasteiger partial charge >= 0.3 is 5.97 Å². The molecule has 126 valence electrons. The second-order valence-corrected chi connectivity index (χ2v) is 5.47. The number of carbonyl (C=O) groups is 3. The molecule has 0 saturated heterocycles. The Morgan fingerprint density at radius 3 is 2.52 bits per heavy atom. The van der Waals surface area contributed by atoms with Gasteiger partial charge in [-0.2, -0.15) is 0 Å². The van der Waals surface area contributed by atoms with Crippen LogP contribution >= 0.6 is 15.9 Å². The minimum Gasteiger partial charge on any atom is -0.481 e. The second kappa shape index (κ2) is 9.83. The van der Waals surface area contributed by atoms with Gasteiger partial charge in [0, 0.05) is 6.54 Å². The van der Waals surface area contributed by atoms with E-state index in [9.17, 15) is 14.4 Å². The average molecular weight is 387 g/mol. The molecule has 0 atom stereocenters. The predicted octanol–water partition coefficient (Wildman–Crippen LogP) is 0.932. The highest BCUT2D eigenvalue weighted by Crippen LogP contribution is 2.25. The maximum atomic E-state index is 11.5. The lowest BCUT2D eigenvalue weighted by molar-refractivity contribution is -0.150. The smallest absolute Gasteiger partial charge is 0.344 e. The third kappa shape index (κ3) is 7.64. The molecule has 0 spiro atoms. The summed E-state index contributed by atoms with van der Waals surface area (Å²) >= 11 is 3.33. The summed E-state index contributed by atoms with van der Waals surface area (Å²) in [6.45, 7) is 3.25. The summed E-state index contributed by atoms with van der Waals surface area (Å²) in [6, 6.07) is 5.43. The number of esters is 1. The highest BCUT2D eigenvalue weighted by Gasteiger charge is 2.10. The maximum Gasteiger partial charge on any atom is 0.344 e. The first-order valence-electron chi connectivity index (χ1n) is 7.00. The Balaban J connectivity index is 2.26. The lowest BCUT2D eigenvalue weighted by atomic mass is 10.2. The van der Waals surface area contributed by atoms with Crippen molar-refractivity contribution in [1.29, 1.82) is 0 Å². The van der Waals surface area contributed by atoms with Crippen LogP contribution in [0.3, 0.4) is 0 Å². The van der Waals surface area contributed by atoms with Crippen LogP contribution in [-0.2, 0) is 19.1 Å². The summed E-state index contributed by atoms with van der Waals surface area (Å²) < 4.78 is 10.8. The molecular weight excluding hydrogens is 368 g/mol.